The molecule has 1 heterocycles. The van der Waals surface area contributed by atoms with Crippen molar-refractivity contribution in [3.8, 4) is 0 Å². The Kier molecular flexibility index (Phi) is 5.82. The van der Waals surface area contributed by atoms with E-state index in [1.807, 2.05) is 18.2 Å². The number of aromatic nitrogens is 1. The molecule has 1 amide bonds. The van der Waals surface area contributed by atoms with Crippen LogP contribution in [0, 0.1) is 13.8 Å². The largest absolute Gasteiger partial charge is 0.350 e. The molecule has 2 rings (SSSR count). The van der Waals surface area contributed by atoms with Crippen molar-refractivity contribution in [2.45, 2.75) is 25.3 Å². The quantitative estimate of drug-likeness (QED) is 0.818. The Morgan fingerprint density at radius 1 is 1.29 bits per heavy atom. The number of carbonyl (C=O) groups excluding carboxylic acids is 1. The zero-order chi connectivity index (χ0) is 15.2. The van der Waals surface area contributed by atoms with Crippen LogP contribution in [0.25, 0.3) is 0 Å². The molecule has 0 radical (unpaired) electrons. The fourth-order valence-electron chi connectivity index (χ4n) is 1.80. The zero-order valence-electron chi connectivity index (χ0n) is 12.0. The van der Waals surface area contributed by atoms with Gasteiger partial charge in [0, 0.05) is 15.6 Å². The van der Waals surface area contributed by atoms with Crippen LogP contribution in [0.5, 0.6) is 0 Å². The van der Waals surface area contributed by atoms with Gasteiger partial charge < -0.3 is 5.32 Å². The first kappa shape index (κ1) is 16.0. The summed E-state index contributed by atoms with van der Waals surface area (Å²) in [5.74, 6) is 0.431. The summed E-state index contributed by atoms with van der Waals surface area (Å²) in [4.78, 5) is 17.2. The van der Waals surface area contributed by atoms with Crippen LogP contribution in [0.2, 0.25) is 0 Å². The average molecular weight is 365 g/mol. The van der Waals surface area contributed by atoms with Gasteiger partial charge in [0.2, 0.25) is 5.91 Å². The summed E-state index contributed by atoms with van der Waals surface area (Å²) >= 11 is 5.08. The van der Waals surface area contributed by atoms with Gasteiger partial charge in [0.05, 0.1) is 18.0 Å². The lowest BCUT2D eigenvalue weighted by Gasteiger charge is -2.09. The molecular formula is C16H17BrN2OS. The monoisotopic (exact) mass is 364 g/mol. The number of hydrogen-bond acceptors (Lipinski definition) is 3. The highest BCUT2D eigenvalue weighted by Crippen LogP contribution is 2.28. The number of nitrogens with zero attached hydrogens (tertiary/aromatic N) is 1. The molecule has 0 aliphatic heterocycles. The molecular weight excluding hydrogens is 348 g/mol. The van der Waals surface area contributed by atoms with Crippen LogP contribution in [0.15, 0.2) is 45.9 Å². The Labute approximate surface area is 137 Å². The standard InChI is InChI=1S/C16H17BrN2OS/c1-11-8-15(12(2)7-14(11)17)21-10-16(20)19-9-13-5-3-4-6-18-13/h3-8H,9-10H2,1-2H3,(H,19,20). The summed E-state index contributed by atoms with van der Waals surface area (Å²) in [6.45, 7) is 4.58. The smallest absolute Gasteiger partial charge is 0.230 e. The molecule has 0 bridgehead atoms. The van der Waals surface area contributed by atoms with Crippen LogP contribution >= 0.6 is 27.7 Å². The number of thioether (sulfide) groups is 1. The summed E-state index contributed by atoms with van der Waals surface area (Å²) in [7, 11) is 0. The molecule has 0 aliphatic rings. The lowest BCUT2D eigenvalue weighted by molar-refractivity contribution is -0.118. The minimum atomic E-state index is 0.0191. The lowest BCUT2D eigenvalue weighted by Crippen LogP contribution is -2.25. The predicted octanol–water partition coefficient (Wildman–Crippen LogP) is 3.87. The van der Waals surface area contributed by atoms with Gasteiger partial charge in [-0.25, -0.2) is 0 Å². The maximum absolute atomic E-state index is 11.9. The highest BCUT2D eigenvalue weighted by molar-refractivity contribution is 9.10. The van der Waals surface area contributed by atoms with Crippen molar-refractivity contribution in [3.05, 3.63) is 57.8 Å². The highest BCUT2D eigenvalue weighted by atomic mass is 79.9. The van der Waals surface area contributed by atoms with Crippen LogP contribution in [0.4, 0.5) is 0 Å². The second kappa shape index (κ2) is 7.61. The van der Waals surface area contributed by atoms with Crippen molar-refractivity contribution in [1.29, 1.82) is 0 Å². The minimum absolute atomic E-state index is 0.0191. The number of nitrogens with one attached hydrogen (secondary N) is 1. The predicted molar refractivity (Wildman–Crippen MR) is 90.4 cm³/mol. The summed E-state index contributed by atoms with van der Waals surface area (Å²) < 4.78 is 1.10. The van der Waals surface area contributed by atoms with E-state index in [0.29, 0.717) is 12.3 Å². The summed E-state index contributed by atoms with van der Waals surface area (Å²) in [6.07, 6.45) is 1.73. The molecule has 0 atom stereocenters. The zero-order valence-corrected chi connectivity index (χ0v) is 14.4. The third kappa shape index (κ3) is 4.86. The van der Waals surface area contributed by atoms with Crippen molar-refractivity contribution in [2.24, 2.45) is 0 Å². The molecule has 0 unspecified atom stereocenters. The van der Waals surface area contributed by atoms with E-state index in [4.69, 9.17) is 0 Å². The topological polar surface area (TPSA) is 42.0 Å². The van der Waals surface area contributed by atoms with E-state index in [1.54, 1.807) is 18.0 Å². The second-order valence-corrected chi connectivity index (χ2v) is 6.62. The van der Waals surface area contributed by atoms with E-state index in [1.165, 1.54) is 11.1 Å². The van der Waals surface area contributed by atoms with Gasteiger partial charge in [-0.15, -0.1) is 11.8 Å². The first-order valence-corrected chi connectivity index (χ1v) is 8.40. The molecule has 0 spiro atoms. The van der Waals surface area contributed by atoms with Crippen LogP contribution in [-0.4, -0.2) is 16.6 Å². The molecule has 0 fully saturated rings. The van der Waals surface area contributed by atoms with Crippen LogP contribution in [0.1, 0.15) is 16.8 Å². The molecule has 3 nitrogen and oxygen atoms in total. The molecule has 21 heavy (non-hydrogen) atoms. The van der Waals surface area contributed by atoms with Crippen LogP contribution in [0.3, 0.4) is 0 Å². The van der Waals surface area contributed by atoms with Gasteiger partial charge in [-0.05, 0) is 49.2 Å². The van der Waals surface area contributed by atoms with Gasteiger partial charge in [0.15, 0.2) is 0 Å². The van der Waals surface area contributed by atoms with Gasteiger partial charge in [-0.3, -0.25) is 9.78 Å². The minimum Gasteiger partial charge on any atom is -0.350 e. The summed E-state index contributed by atoms with van der Waals surface area (Å²) in [5, 5.41) is 2.88. The molecule has 1 aromatic carbocycles. The van der Waals surface area contributed by atoms with Crippen molar-refractivity contribution < 1.29 is 4.79 Å². The highest BCUT2D eigenvalue weighted by Gasteiger charge is 2.07. The SMILES string of the molecule is Cc1cc(SCC(=O)NCc2ccccn2)c(C)cc1Br. The number of hydrogen-bond donors (Lipinski definition) is 1. The molecule has 1 aromatic heterocycles. The van der Waals surface area contributed by atoms with Crippen molar-refractivity contribution in [2.75, 3.05) is 5.75 Å². The lowest BCUT2D eigenvalue weighted by atomic mass is 10.2. The fraction of sp³-hybridized carbons (Fsp3) is 0.250. The Morgan fingerprint density at radius 3 is 2.81 bits per heavy atom. The summed E-state index contributed by atoms with van der Waals surface area (Å²) in [6, 6.07) is 9.87. The van der Waals surface area contributed by atoms with E-state index in [0.717, 1.165) is 15.1 Å². The molecule has 5 heteroatoms. The third-order valence-corrected chi connectivity index (χ3v) is 5.02. The van der Waals surface area contributed by atoms with Gasteiger partial charge in [0.1, 0.15) is 0 Å². The molecule has 2 aromatic rings. The molecule has 1 N–H and O–H groups in total. The normalized spacial score (nSPS) is 10.4. The number of rotatable bonds is 5. The number of aryl methyl sites for hydroxylation is 2. The van der Waals surface area contributed by atoms with E-state index < -0.39 is 0 Å². The van der Waals surface area contributed by atoms with Crippen LogP contribution in [-0.2, 0) is 11.3 Å². The number of halogens is 1. The van der Waals surface area contributed by atoms with E-state index in [-0.39, 0.29) is 5.91 Å². The second-order valence-electron chi connectivity index (χ2n) is 4.75. The fourth-order valence-corrected chi connectivity index (χ4v) is 3.19. The first-order valence-electron chi connectivity index (χ1n) is 6.62. The van der Waals surface area contributed by atoms with Gasteiger partial charge in [-0.2, -0.15) is 0 Å². The maximum Gasteiger partial charge on any atom is 0.230 e. The van der Waals surface area contributed by atoms with Crippen LogP contribution < -0.4 is 5.32 Å². The maximum atomic E-state index is 11.9. The molecule has 0 saturated heterocycles. The molecule has 110 valence electrons. The van der Waals surface area contributed by atoms with Gasteiger partial charge >= 0.3 is 0 Å². The average Bonchev–Trinajstić information content (AvgIpc) is 2.48. The number of benzene rings is 1. The van der Waals surface area contributed by atoms with Crippen molar-refractivity contribution in [3.63, 3.8) is 0 Å². The third-order valence-electron chi connectivity index (χ3n) is 3.01. The van der Waals surface area contributed by atoms with E-state index in [2.05, 4.69) is 52.2 Å². The molecule has 0 aliphatic carbocycles. The Morgan fingerprint density at radius 2 is 2.10 bits per heavy atom. The van der Waals surface area contributed by atoms with E-state index in [9.17, 15) is 4.79 Å². The van der Waals surface area contributed by atoms with Gasteiger partial charge in [0.25, 0.3) is 0 Å². The van der Waals surface area contributed by atoms with Crippen molar-refractivity contribution >= 4 is 33.6 Å². The first-order chi connectivity index (χ1) is 10.1. The van der Waals surface area contributed by atoms with Crippen molar-refractivity contribution in [1.82, 2.24) is 10.3 Å². The Bertz CT molecular complexity index is 632. The number of pyridine rings is 1. The van der Waals surface area contributed by atoms with Gasteiger partial charge in [-0.1, -0.05) is 22.0 Å². The Balaban J connectivity index is 1.85. The molecule has 0 saturated carbocycles. The van der Waals surface area contributed by atoms with E-state index >= 15 is 0 Å². The Hall–Kier alpha value is -1.33. The number of carbonyl (C=O) groups is 1. The summed E-state index contributed by atoms with van der Waals surface area (Å²) in [5.41, 5.74) is 3.22. The number of amides is 1.